The van der Waals surface area contributed by atoms with E-state index in [-0.39, 0.29) is 0 Å². The Morgan fingerprint density at radius 2 is 2.05 bits per heavy atom. The minimum absolute atomic E-state index is 0.623. The van der Waals surface area contributed by atoms with Crippen molar-refractivity contribution in [2.24, 2.45) is 11.8 Å². The van der Waals surface area contributed by atoms with Gasteiger partial charge in [-0.25, -0.2) is 4.98 Å². The lowest BCUT2D eigenvalue weighted by molar-refractivity contribution is 0.228. The van der Waals surface area contributed by atoms with Crippen LogP contribution in [0.3, 0.4) is 0 Å². The Morgan fingerprint density at radius 3 is 2.81 bits per heavy atom. The first-order chi connectivity index (χ1) is 10.2. The number of hydrogen-bond acceptors (Lipinski definition) is 2. The normalized spacial score (nSPS) is 33.7. The van der Waals surface area contributed by atoms with Crippen LogP contribution in [0.4, 0.5) is 0 Å². The lowest BCUT2D eigenvalue weighted by atomic mass is 9.81. The molecule has 3 rings (SSSR count). The molecule has 0 aliphatic heterocycles. The molecule has 2 aliphatic rings. The molecule has 118 valence electrons. The third-order valence-corrected chi connectivity index (χ3v) is 5.42. The topological polar surface area (TPSA) is 29.9 Å². The second-order valence-electron chi connectivity index (χ2n) is 7.64. The van der Waals surface area contributed by atoms with Gasteiger partial charge in [-0.3, -0.25) is 0 Å². The molecule has 1 aromatic rings. The molecule has 0 amide bonds. The molecule has 0 saturated heterocycles. The molecule has 0 spiro atoms. The van der Waals surface area contributed by atoms with Crippen molar-refractivity contribution in [1.82, 2.24) is 14.9 Å². The maximum absolute atomic E-state index is 4.23. The SMILES string of the molecule is CC(C)CC1CCCC(NC2CCCC2n2ccnc2)C1. The minimum atomic E-state index is 0.623. The van der Waals surface area contributed by atoms with Gasteiger partial charge in [-0.05, 0) is 50.4 Å². The van der Waals surface area contributed by atoms with Gasteiger partial charge in [-0.1, -0.05) is 26.7 Å². The molecule has 4 atom stereocenters. The monoisotopic (exact) mass is 289 g/mol. The fraction of sp³-hybridized carbons (Fsp3) is 0.833. The van der Waals surface area contributed by atoms with Crippen molar-refractivity contribution in [3.05, 3.63) is 18.7 Å². The number of nitrogens with one attached hydrogen (secondary N) is 1. The lowest BCUT2D eigenvalue weighted by Crippen LogP contribution is -2.43. The van der Waals surface area contributed by atoms with Crippen molar-refractivity contribution in [2.45, 2.75) is 83.3 Å². The summed E-state index contributed by atoms with van der Waals surface area (Å²) in [7, 11) is 0. The Kier molecular flexibility index (Phi) is 4.99. The van der Waals surface area contributed by atoms with E-state index in [1.54, 1.807) is 0 Å². The van der Waals surface area contributed by atoms with Crippen LogP contribution in [0.2, 0.25) is 0 Å². The van der Waals surface area contributed by atoms with Crippen molar-refractivity contribution in [1.29, 1.82) is 0 Å². The number of rotatable bonds is 5. The fourth-order valence-electron chi connectivity index (χ4n) is 4.58. The first kappa shape index (κ1) is 15.1. The summed E-state index contributed by atoms with van der Waals surface area (Å²) in [6, 6.07) is 2.02. The smallest absolute Gasteiger partial charge is 0.0949 e. The molecule has 1 aromatic heterocycles. The summed E-state index contributed by atoms with van der Waals surface area (Å²) in [5.41, 5.74) is 0. The van der Waals surface area contributed by atoms with E-state index in [0.717, 1.165) is 17.9 Å². The van der Waals surface area contributed by atoms with E-state index < -0.39 is 0 Å². The van der Waals surface area contributed by atoms with E-state index in [4.69, 9.17) is 0 Å². The molecule has 21 heavy (non-hydrogen) atoms. The van der Waals surface area contributed by atoms with Crippen LogP contribution in [-0.2, 0) is 0 Å². The van der Waals surface area contributed by atoms with Gasteiger partial charge in [0.25, 0.3) is 0 Å². The van der Waals surface area contributed by atoms with Gasteiger partial charge in [0.05, 0.1) is 6.33 Å². The van der Waals surface area contributed by atoms with Gasteiger partial charge in [0.15, 0.2) is 0 Å². The van der Waals surface area contributed by atoms with E-state index in [2.05, 4.69) is 34.9 Å². The maximum atomic E-state index is 4.23. The Balaban J connectivity index is 1.55. The first-order valence-corrected chi connectivity index (χ1v) is 8.96. The van der Waals surface area contributed by atoms with E-state index in [1.807, 2.05) is 12.5 Å². The average molecular weight is 289 g/mol. The van der Waals surface area contributed by atoms with Gasteiger partial charge in [-0.15, -0.1) is 0 Å². The molecule has 1 heterocycles. The molecule has 2 aliphatic carbocycles. The summed E-state index contributed by atoms with van der Waals surface area (Å²) in [5, 5.41) is 4.01. The number of imidazole rings is 1. The molecule has 4 unspecified atom stereocenters. The Morgan fingerprint density at radius 1 is 1.19 bits per heavy atom. The molecular weight excluding hydrogens is 258 g/mol. The molecular formula is C18H31N3. The summed E-state index contributed by atoms with van der Waals surface area (Å²) in [5.74, 6) is 1.79. The van der Waals surface area contributed by atoms with Crippen LogP contribution in [0, 0.1) is 11.8 Å². The minimum Gasteiger partial charge on any atom is -0.333 e. The zero-order valence-electron chi connectivity index (χ0n) is 13.7. The van der Waals surface area contributed by atoms with Crippen molar-refractivity contribution in [3.8, 4) is 0 Å². The molecule has 3 heteroatoms. The van der Waals surface area contributed by atoms with Crippen LogP contribution >= 0.6 is 0 Å². The lowest BCUT2D eigenvalue weighted by Gasteiger charge is -2.34. The highest BCUT2D eigenvalue weighted by atomic mass is 15.1. The Bertz CT molecular complexity index is 412. The van der Waals surface area contributed by atoms with Gasteiger partial charge >= 0.3 is 0 Å². The van der Waals surface area contributed by atoms with Crippen LogP contribution in [0.15, 0.2) is 18.7 Å². The summed E-state index contributed by atoms with van der Waals surface area (Å²) >= 11 is 0. The molecule has 0 radical (unpaired) electrons. The van der Waals surface area contributed by atoms with Crippen molar-refractivity contribution < 1.29 is 0 Å². The zero-order chi connectivity index (χ0) is 14.7. The van der Waals surface area contributed by atoms with Crippen LogP contribution in [0.5, 0.6) is 0 Å². The quantitative estimate of drug-likeness (QED) is 0.881. The fourth-order valence-corrected chi connectivity index (χ4v) is 4.58. The zero-order valence-corrected chi connectivity index (χ0v) is 13.7. The highest BCUT2D eigenvalue weighted by Crippen LogP contribution is 2.34. The van der Waals surface area contributed by atoms with Crippen molar-refractivity contribution >= 4 is 0 Å². The summed E-state index contributed by atoms with van der Waals surface area (Å²) in [4.78, 5) is 4.23. The highest BCUT2D eigenvalue weighted by molar-refractivity contribution is 4.94. The van der Waals surface area contributed by atoms with E-state index in [1.165, 1.54) is 51.4 Å². The number of aromatic nitrogens is 2. The van der Waals surface area contributed by atoms with Crippen LogP contribution in [0.25, 0.3) is 0 Å². The van der Waals surface area contributed by atoms with Gasteiger partial charge < -0.3 is 9.88 Å². The first-order valence-electron chi connectivity index (χ1n) is 8.96. The Hall–Kier alpha value is -0.830. The standard InChI is InChI=1S/C18H31N3/c1-14(2)11-15-5-3-6-16(12-15)20-17-7-4-8-18(17)21-10-9-19-13-21/h9-10,13-18,20H,3-8,11-12H2,1-2H3. The highest BCUT2D eigenvalue weighted by Gasteiger charge is 2.31. The van der Waals surface area contributed by atoms with Crippen LogP contribution in [-0.4, -0.2) is 21.6 Å². The summed E-state index contributed by atoms with van der Waals surface area (Å²) in [6.45, 7) is 4.73. The third-order valence-electron chi connectivity index (χ3n) is 5.42. The van der Waals surface area contributed by atoms with E-state index >= 15 is 0 Å². The van der Waals surface area contributed by atoms with E-state index in [0.29, 0.717) is 12.1 Å². The predicted molar refractivity (Wildman–Crippen MR) is 87.2 cm³/mol. The molecule has 0 aromatic carbocycles. The molecule has 3 nitrogen and oxygen atoms in total. The second-order valence-corrected chi connectivity index (χ2v) is 7.64. The van der Waals surface area contributed by atoms with Gasteiger partial charge in [0, 0.05) is 30.5 Å². The summed E-state index contributed by atoms with van der Waals surface area (Å²) < 4.78 is 2.32. The molecule has 2 saturated carbocycles. The van der Waals surface area contributed by atoms with Gasteiger partial charge in [-0.2, -0.15) is 0 Å². The molecule has 2 fully saturated rings. The van der Waals surface area contributed by atoms with Crippen LogP contribution < -0.4 is 5.32 Å². The second kappa shape index (κ2) is 6.95. The van der Waals surface area contributed by atoms with E-state index in [9.17, 15) is 0 Å². The number of nitrogens with zero attached hydrogens (tertiary/aromatic N) is 2. The van der Waals surface area contributed by atoms with Crippen molar-refractivity contribution in [3.63, 3.8) is 0 Å². The molecule has 0 bridgehead atoms. The average Bonchev–Trinajstić information content (AvgIpc) is 3.08. The van der Waals surface area contributed by atoms with Gasteiger partial charge in [0.2, 0.25) is 0 Å². The van der Waals surface area contributed by atoms with Crippen LogP contribution in [0.1, 0.15) is 71.3 Å². The van der Waals surface area contributed by atoms with Gasteiger partial charge in [0.1, 0.15) is 0 Å². The molecule has 1 N–H and O–H groups in total. The van der Waals surface area contributed by atoms with Crippen molar-refractivity contribution in [2.75, 3.05) is 0 Å². The number of hydrogen-bond donors (Lipinski definition) is 1. The predicted octanol–water partition coefficient (Wildman–Crippen LogP) is 4.17. The maximum Gasteiger partial charge on any atom is 0.0949 e. The largest absolute Gasteiger partial charge is 0.333 e. The Labute approximate surface area is 129 Å². The third kappa shape index (κ3) is 3.88. The summed E-state index contributed by atoms with van der Waals surface area (Å²) in [6.07, 6.45) is 17.1.